The van der Waals surface area contributed by atoms with Crippen molar-refractivity contribution in [2.24, 2.45) is 0 Å². The van der Waals surface area contributed by atoms with E-state index >= 15 is 0 Å². The highest BCUT2D eigenvalue weighted by molar-refractivity contribution is 6.08. The lowest BCUT2D eigenvalue weighted by molar-refractivity contribution is 0.163. The molecule has 1 aliphatic carbocycles. The molecule has 242 valence electrons. The molecule has 0 aromatic heterocycles. The van der Waals surface area contributed by atoms with Gasteiger partial charge in [-0.05, 0) is 89.2 Å². The Morgan fingerprint density at radius 1 is 0.540 bits per heavy atom. The summed E-state index contributed by atoms with van der Waals surface area (Å²) in [6.07, 6.45) is 4.53. The van der Waals surface area contributed by atoms with Crippen LogP contribution in [0.1, 0.15) is 47.2 Å². The average Bonchev–Trinajstić information content (AvgIpc) is 3.39. The third-order valence-electron chi connectivity index (χ3n) is 10.2. The van der Waals surface area contributed by atoms with E-state index in [0.717, 1.165) is 50.8 Å². The van der Waals surface area contributed by atoms with Crippen LogP contribution in [-0.2, 0) is 11.0 Å². The van der Waals surface area contributed by atoms with Crippen LogP contribution in [-0.4, -0.2) is 0 Å². The molecule has 0 atom stereocenters. The van der Waals surface area contributed by atoms with Crippen LogP contribution in [0.15, 0.2) is 158 Å². The summed E-state index contributed by atoms with van der Waals surface area (Å²) in [7, 11) is 0. The van der Waals surface area contributed by atoms with Crippen molar-refractivity contribution in [1.82, 2.24) is 0 Å². The molecule has 50 heavy (non-hydrogen) atoms. The number of aryl methyl sites for hydroxylation is 1. The summed E-state index contributed by atoms with van der Waals surface area (Å²) < 4.78 is 19.9. The van der Waals surface area contributed by atoms with Gasteiger partial charge >= 0.3 is 0 Å². The predicted octanol–water partition coefficient (Wildman–Crippen LogP) is 12.4. The second-order valence-corrected chi connectivity index (χ2v) is 13.8. The van der Waals surface area contributed by atoms with Gasteiger partial charge < -0.3 is 14.2 Å². The zero-order valence-electron chi connectivity index (χ0n) is 28.3. The van der Waals surface area contributed by atoms with Gasteiger partial charge in [0.25, 0.3) is 0 Å². The van der Waals surface area contributed by atoms with Gasteiger partial charge in [0.05, 0.1) is 0 Å². The van der Waals surface area contributed by atoms with Crippen molar-refractivity contribution in [3.8, 4) is 39.9 Å². The third kappa shape index (κ3) is 4.81. The minimum atomic E-state index is -0.910. The number of rotatable bonds is 6. The summed E-state index contributed by atoms with van der Waals surface area (Å²) in [5.74, 6) is 4.02. The van der Waals surface area contributed by atoms with Crippen molar-refractivity contribution < 1.29 is 14.2 Å². The highest BCUT2D eigenvalue weighted by atomic mass is 16.5. The van der Waals surface area contributed by atoms with E-state index in [9.17, 15) is 0 Å². The molecule has 2 aliphatic rings. The Kier molecular flexibility index (Phi) is 6.92. The monoisotopic (exact) mass is 648 g/mol. The molecule has 7 aromatic rings. The van der Waals surface area contributed by atoms with E-state index < -0.39 is 5.60 Å². The Morgan fingerprint density at radius 2 is 1.06 bits per heavy atom. The van der Waals surface area contributed by atoms with Crippen LogP contribution < -0.4 is 14.2 Å². The Balaban J connectivity index is 1.21. The van der Waals surface area contributed by atoms with E-state index in [2.05, 4.69) is 99.7 Å². The zero-order chi connectivity index (χ0) is 33.9. The molecule has 3 heteroatoms. The molecule has 3 nitrogen and oxygen atoms in total. The first kappa shape index (κ1) is 30.0. The summed E-state index contributed by atoms with van der Waals surface area (Å²) in [4.78, 5) is 0. The highest BCUT2D eigenvalue weighted by Crippen LogP contribution is 2.58. The first-order chi connectivity index (χ1) is 24.4. The number of hydrogen-bond acceptors (Lipinski definition) is 3. The zero-order valence-corrected chi connectivity index (χ0v) is 28.3. The minimum Gasteiger partial charge on any atom is -0.472 e. The van der Waals surface area contributed by atoms with Gasteiger partial charge in [-0.15, -0.1) is 0 Å². The van der Waals surface area contributed by atoms with E-state index in [4.69, 9.17) is 14.2 Å². The van der Waals surface area contributed by atoms with Crippen molar-refractivity contribution in [3.05, 3.63) is 191 Å². The number of hydrogen-bond donors (Lipinski definition) is 0. The standard InChI is InChI=1S/C47H36O3/c1-31-18-27-40-42(30-31)46(2,3)44-41-28-29-47(50-45(41)39-17-11-10-16-38(39)43(40)44,32-19-23-36(24-20-32)48-34-12-6-4-7-13-34)33-21-25-37(26-22-33)49-35-14-8-5-9-15-35/h4-30H,1-3H3. The fraction of sp³-hybridized carbons (Fsp3) is 0.106. The van der Waals surface area contributed by atoms with E-state index in [-0.39, 0.29) is 5.41 Å². The average molecular weight is 649 g/mol. The van der Waals surface area contributed by atoms with Crippen molar-refractivity contribution in [3.63, 3.8) is 0 Å². The number of para-hydroxylation sites is 2. The number of benzene rings is 7. The lowest BCUT2D eigenvalue weighted by Crippen LogP contribution is -2.35. The first-order valence-corrected chi connectivity index (χ1v) is 17.2. The summed E-state index contributed by atoms with van der Waals surface area (Å²) >= 11 is 0. The largest absolute Gasteiger partial charge is 0.472 e. The summed E-state index contributed by atoms with van der Waals surface area (Å²) in [5, 5.41) is 2.31. The van der Waals surface area contributed by atoms with Crippen LogP contribution in [0, 0.1) is 6.92 Å². The van der Waals surface area contributed by atoms with E-state index in [0.29, 0.717) is 0 Å². The van der Waals surface area contributed by atoms with Crippen LogP contribution in [0.4, 0.5) is 0 Å². The highest BCUT2D eigenvalue weighted by Gasteiger charge is 2.44. The second kappa shape index (κ2) is 11.5. The Morgan fingerprint density at radius 3 is 1.64 bits per heavy atom. The minimum absolute atomic E-state index is 0.203. The lowest BCUT2D eigenvalue weighted by atomic mass is 9.76. The van der Waals surface area contributed by atoms with Gasteiger partial charge in [0.2, 0.25) is 0 Å². The van der Waals surface area contributed by atoms with Crippen LogP contribution in [0.3, 0.4) is 0 Å². The molecule has 0 bridgehead atoms. The molecule has 0 saturated carbocycles. The Bertz CT molecular complexity index is 2320. The topological polar surface area (TPSA) is 27.7 Å². The van der Waals surface area contributed by atoms with E-state index in [1.165, 1.54) is 33.2 Å². The molecular weight excluding hydrogens is 613 g/mol. The van der Waals surface area contributed by atoms with Gasteiger partial charge in [-0.1, -0.05) is 129 Å². The fourth-order valence-corrected chi connectivity index (χ4v) is 7.82. The molecule has 1 aliphatic heterocycles. The molecule has 0 N–H and O–H groups in total. The molecule has 0 radical (unpaired) electrons. The van der Waals surface area contributed by atoms with Gasteiger partial charge in [0.15, 0.2) is 5.60 Å². The smallest absolute Gasteiger partial charge is 0.178 e. The summed E-state index contributed by atoms with van der Waals surface area (Å²) in [6, 6.07) is 51.8. The molecule has 0 saturated heterocycles. The van der Waals surface area contributed by atoms with Gasteiger partial charge in [-0.25, -0.2) is 0 Å². The molecule has 1 heterocycles. The van der Waals surface area contributed by atoms with E-state index in [1.807, 2.05) is 84.9 Å². The second-order valence-electron chi connectivity index (χ2n) is 13.8. The first-order valence-electron chi connectivity index (χ1n) is 17.2. The van der Waals surface area contributed by atoms with Crippen molar-refractivity contribution >= 4 is 16.8 Å². The molecule has 9 rings (SSSR count). The van der Waals surface area contributed by atoms with Crippen molar-refractivity contribution in [2.75, 3.05) is 0 Å². The van der Waals surface area contributed by atoms with Gasteiger partial charge in [0.1, 0.15) is 28.7 Å². The Hall–Kier alpha value is -6.06. The molecule has 0 unspecified atom stereocenters. The van der Waals surface area contributed by atoms with Crippen LogP contribution in [0.2, 0.25) is 0 Å². The number of ether oxygens (including phenoxy) is 3. The quantitative estimate of drug-likeness (QED) is 0.180. The van der Waals surface area contributed by atoms with Crippen LogP contribution >= 0.6 is 0 Å². The SMILES string of the molecule is Cc1ccc2c(c1)C(C)(C)c1c3c(c4ccccc4c1-2)OC(c1ccc(Oc2ccccc2)cc1)(c1ccc(Oc2ccccc2)cc1)C=C3. The molecule has 0 amide bonds. The maximum atomic E-state index is 7.49. The Labute approximate surface area is 293 Å². The number of fused-ring (bicyclic) bond motifs is 8. The molecular formula is C47H36O3. The van der Waals surface area contributed by atoms with E-state index in [1.54, 1.807) is 0 Å². The van der Waals surface area contributed by atoms with Gasteiger partial charge in [-0.3, -0.25) is 0 Å². The van der Waals surface area contributed by atoms with Crippen LogP contribution in [0.25, 0.3) is 28.0 Å². The maximum Gasteiger partial charge on any atom is 0.178 e. The predicted molar refractivity (Wildman–Crippen MR) is 203 cm³/mol. The van der Waals surface area contributed by atoms with Crippen molar-refractivity contribution in [1.29, 1.82) is 0 Å². The van der Waals surface area contributed by atoms with Gasteiger partial charge in [-0.2, -0.15) is 0 Å². The third-order valence-corrected chi connectivity index (χ3v) is 10.2. The fourth-order valence-electron chi connectivity index (χ4n) is 7.82. The lowest BCUT2D eigenvalue weighted by Gasteiger charge is -2.38. The molecule has 0 fully saturated rings. The van der Waals surface area contributed by atoms with Crippen LogP contribution in [0.5, 0.6) is 28.7 Å². The maximum absolute atomic E-state index is 7.49. The van der Waals surface area contributed by atoms with Gasteiger partial charge in [0, 0.05) is 27.5 Å². The van der Waals surface area contributed by atoms with Crippen molar-refractivity contribution in [2.45, 2.75) is 31.8 Å². The molecule has 0 spiro atoms. The molecule has 7 aromatic carbocycles. The summed E-state index contributed by atoms with van der Waals surface area (Å²) in [6.45, 7) is 6.87. The normalized spacial score (nSPS) is 14.7. The summed E-state index contributed by atoms with van der Waals surface area (Å²) in [5.41, 5.74) is 8.59.